The second-order valence-electron chi connectivity index (χ2n) is 5.03. The summed E-state index contributed by atoms with van der Waals surface area (Å²) >= 11 is 1.46. The molecular formula is C23H20Zr. The van der Waals surface area contributed by atoms with E-state index in [4.69, 9.17) is 0 Å². The molecule has 0 spiro atoms. The Morgan fingerprint density at radius 3 is 1.08 bits per heavy atom. The zero-order valence-electron chi connectivity index (χ0n) is 13.5. The van der Waals surface area contributed by atoms with E-state index in [0.717, 1.165) is 0 Å². The van der Waals surface area contributed by atoms with Crippen LogP contribution in [0.2, 0.25) is 0 Å². The molecule has 0 unspecified atom stereocenters. The first-order valence-electron chi connectivity index (χ1n) is 7.90. The molecule has 4 aromatic carbocycles. The van der Waals surface area contributed by atoms with E-state index in [0.29, 0.717) is 0 Å². The van der Waals surface area contributed by atoms with Crippen LogP contribution in [-0.2, 0) is 24.2 Å². The summed E-state index contributed by atoms with van der Waals surface area (Å²) < 4.78 is 1.42. The van der Waals surface area contributed by atoms with Crippen molar-refractivity contribution >= 4 is 3.21 Å². The molecule has 0 aliphatic carbocycles. The number of benzene rings is 2. The Kier molecular flexibility index (Phi) is 8.69. The van der Waals surface area contributed by atoms with E-state index in [1.54, 1.807) is 0 Å². The van der Waals surface area contributed by atoms with Gasteiger partial charge in [0.25, 0.3) is 0 Å². The third-order valence-corrected chi connectivity index (χ3v) is 4.66. The Morgan fingerprint density at radius 2 is 0.833 bits per heavy atom. The van der Waals surface area contributed by atoms with Crippen LogP contribution in [0.3, 0.4) is 0 Å². The van der Waals surface area contributed by atoms with Crippen molar-refractivity contribution in [3.8, 4) is 0 Å². The average molecular weight is 388 g/mol. The van der Waals surface area contributed by atoms with Gasteiger partial charge < -0.3 is 0 Å². The van der Waals surface area contributed by atoms with Crippen LogP contribution in [0.5, 0.6) is 0 Å². The van der Waals surface area contributed by atoms with Crippen LogP contribution < -0.4 is 0 Å². The Hall–Kier alpha value is -2.11. The van der Waals surface area contributed by atoms with Crippen LogP contribution in [0.15, 0.2) is 121 Å². The first kappa shape index (κ1) is 18.2. The zero-order chi connectivity index (χ0) is 16.9. The van der Waals surface area contributed by atoms with E-state index in [-0.39, 0.29) is 0 Å². The molecule has 1 heteroatoms. The van der Waals surface area contributed by atoms with Crippen LogP contribution in [0.1, 0.15) is 11.1 Å². The first-order chi connectivity index (χ1) is 11.9. The monoisotopic (exact) mass is 386 g/mol. The quantitative estimate of drug-likeness (QED) is 0.392. The predicted octanol–water partition coefficient (Wildman–Crippen LogP) is 5.61. The molecule has 0 amide bonds. The van der Waals surface area contributed by atoms with Crippen molar-refractivity contribution < 1.29 is 24.2 Å². The molecule has 0 saturated heterocycles. The Labute approximate surface area is 159 Å². The Morgan fingerprint density at radius 1 is 0.500 bits per heavy atom. The van der Waals surface area contributed by atoms with E-state index in [2.05, 4.69) is 60.7 Å². The SMILES string of the molecule is [Zr+2]=[C](c1ccccc1)c1ccccc1.c1cc[cH-]c1.c1cc[cH-]c1. The normalized spacial score (nSPS) is 9.08. The number of rotatable bonds is 2. The largest absolute Gasteiger partial charge is 0.214 e. The molecule has 4 rings (SSSR count). The minimum Gasteiger partial charge on any atom is -0.214 e. The number of hydrogen-bond donors (Lipinski definition) is 0. The summed E-state index contributed by atoms with van der Waals surface area (Å²) in [5.74, 6) is 0. The van der Waals surface area contributed by atoms with Crippen molar-refractivity contribution in [2.75, 3.05) is 0 Å². The minimum atomic E-state index is 1.33. The average Bonchev–Trinajstić information content (AvgIpc) is 3.41. The molecule has 24 heavy (non-hydrogen) atoms. The summed E-state index contributed by atoms with van der Waals surface area (Å²) in [6, 6.07) is 41.1. The van der Waals surface area contributed by atoms with Gasteiger partial charge in [-0.3, -0.25) is 0 Å². The van der Waals surface area contributed by atoms with Crippen molar-refractivity contribution in [1.29, 1.82) is 0 Å². The summed E-state index contributed by atoms with van der Waals surface area (Å²) in [5, 5.41) is 0. The maximum absolute atomic E-state index is 2.16. The van der Waals surface area contributed by atoms with Gasteiger partial charge in [0, 0.05) is 0 Å². The van der Waals surface area contributed by atoms with Crippen molar-refractivity contribution in [3.05, 3.63) is 132 Å². The minimum absolute atomic E-state index is 1.33. The molecule has 0 fully saturated rings. The molecule has 116 valence electrons. The molecule has 0 aliphatic rings. The van der Waals surface area contributed by atoms with Gasteiger partial charge in [-0.05, 0) is 0 Å². The standard InChI is InChI=1S/C13H10.2C5H5.Zr/c1-3-7-12(8-4-1)11-13-9-5-2-6-10-13;2*1-2-4-5-3-1;/h1-10H;2*1-5H;/q;2*-1;+2. The van der Waals surface area contributed by atoms with Crippen LogP contribution in [0.25, 0.3) is 0 Å². The summed E-state index contributed by atoms with van der Waals surface area (Å²) in [5.41, 5.74) is 2.66. The second kappa shape index (κ2) is 11.4. The van der Waals surface area contributed by atoms with Gasteiger partial charge in [0.1, 0.15) is 0 Å². The molecule has 0 heterocycles. The maximum atomic E-state index is 2.16. The van der Waals surface area contributed by atoms with E-state index in [9.17, 15) is 0 Å². The van der Waals surface area contributed by atoms with E-state index >= 15 is 0 Å². The Balaban J connectivity index is 0.000000169. The Bertz CT molecular complexity index is 649. The summed E-state index contributed by atoms with van der Waals surface area (Å²) in [6.45, 7) is 0. The molecule has 0 aliphatic heterocycles. The molecule has 0 N–H and O–H groups in total. The maximum Gasteiger partial charge on any atom is -0.172 e. The summed E-state index contributed by atoms with van der Waals surface area (Å²) in [6.07, 6.45) is 0. The fraction of sp³-hybridized carbons (Fsp3) is 0. The van der Waals surface area contributed by atoms with Crippen molar-refractivity contribution in [2.45, 2.75) is 0 Å². The van der Waals surface area contributed by atoms with Crippen LogP contribution in [0, 0.1) is 0 Å². The molecule has 0 bridgehead atoms. The first-order valence-corrected chi connectivity index (χ1v) is 9.13. The number of hydrogen-bond acceptors (Lipinski definition) is 0. The van der Waals surface area contributed by atoms with E-state index < -0.39 is 0 Å². The van der Waals surface area contributed by atoms with Crippen LogP contribution in [0.4, 0.5) is 0 Å². The molecule has 0 aromatic heterocycles. The molecule has 4 aromatic rings. The molecule has 0 nitrogen and oxygen atoms in total. The third-order valence-electron chi connectivity index (χ3n) is 3.24. The van der Waals surface area contributed by atoms with Gasteiger partial charge >= 0.3 is 99.2 Å². The fourth-order valence-electron chi connectivity index (χ4n) is 2.02. The zero-order valence-corrected chi connectivity index (χ0v) is 16.0. The molecule has 0 radical (unpaired) electrons. The van der Waals surface area contributed by atoms with Gasteiger partial charge in [-0.25, -0.2) is 24.3 Å². The van der Waals surface area contributed by atoms with Gasteiger partial charge in [0.15, 0.2) is 0 Å². The van der Waals surface area contributed by atoms with E-state index in [1.165, 1.54) is 38.6 Å². The van der Waals surface area contributed by atoms with Gasteiger partial charge in [-0.2, -0.15) is 36.4 Å². The third kappa shape index (κ3) is 6.98. The summed E-state index contributed by atoms with van der Waals surface area (Å²) in [7, 11) is 0. The van der Waals surface area contributed by atoms with Gasteiger partial charge in [0.05, 0.1) is 0 Å². The van der Waals surface area contributed by atoms with Gasteiger partial charge in [0.2, 0.25) is 0 Å². The van der Waals surface area contributed by atoms with Crippen molar-refractivity contribution in [1.82, 2.24) is 0 Å². The van der Waals surface area contributed by atoms with Crippen molar-refractivity contribution in [2.24, 2.45) is 0 Å². The summed E-state index contributed by atoms with van der Waals surface area (Å²) in [4.78, 5) is 0. The van der Waals surface area contributed by atoms with Gasteiger partial charge in [-0.15, -0.1) is 0 Å². The van der Waals surface area contributed by atoms with Crippen LogP contribution in [-0.4, -0.2) is 3.21 Å². The molecule has 0 atom stereocenters. The topological polar surface area (TPSA) is 0 Å². The van der Waals surface area contributed by atoms with E-state index in [1.807, 2.05) is 60.7 Å². The molecular weight excluding hydrogens is 367 g/mol. The fourth-order valence-corrected chi connectivity index (χ4v) is 2.84. The molecule has 0 saturated carbocycles. The predicted molar refractivity (Wildman–Crippen MR) is 100 cm³/mol. The van der Waals surface area contributed by atoms with Crippen LogP contribution >= 0.6 is 0 Å². The smallest absolute Gasteiger partial charge is 0.172 e. The van der Waals surface area contributed by atoms with Gasteiger partial charge in [-0.1, -0.05) is 0 Å². The van der Waals surface area contributed by atoms with Crippen molar-refractivity contribution in [3.63, 3.8) is 0 Å². The second-order valence-corrected chi connectivity index (χ2v) is 6.26.